The van der Waals surface area contributed by atoms with Gasteiger partial charge in [0.2, 0.25) is 0 Å². The molecule has 1 saturated heterocycles. The summed E-state index contributed by atoms with van der Waals surface area (Å²) >= 11 is 0. The average molecular weight is 220 g/mol. The molecule has 1 aliphatic rings. The highest BCUT2D eigenvalue weighted by Gasteiger charge is 2.17. The van der Waals surface area contributed by atoms with Crippen LogP contribution >= 0.6 is 0 Å². The van der Waals surface area contributed by atoms with Gasteiger partial charge in [0.25, 0.3) is 5.91 Å². The molecule has 0 aliphatic carbocycles. The summed E-state index contributed by atoms with van der Waals surface area (Å²) in [5, 5.41) is 5.65. The Balaban J connectivity index is 0.00000106. The zero-order chi connectivity index (χ0) is 12.7. The van der Waals surface area contributed by atoms with Crippen LogP contribution in [0.25, 0.3) is 0 Å². The molecule has 1 rings (SSSR count). The van der Waals surface area contributed by atoms with Crippen LogP contribution in [0.5, 0.6) is 0 Å². The fourth-order valence-electron chi connectivity index (χ4n) is 1.14. The van der Waals surface area contributed by atoms with E-state index in [2.05, 4.69) is 30.4 Å². The molecule has 1 aliphatic heterocycles. The first-order chi connectivity index (χ1) is 7.50. The normalized spacial score (nSPS) is 17.9. The maximum absolute atomic E-state index is 11.5. The molecule has 1 heterocycles. The lowest BCUT2D eigenvalue weighted by molar-refractivity contribution is -0.117. The highest BCUT2D eigenvalue weighted by Crippen LogP contribution is 2.12. The Morgan fingerprint density at radius 2 is 1.94 bits per heavy atom. The summed E-state index contributed by atoms with van der Waals surface area (Å²) in [5.74, 6) is -0.149. The van der Waals surface area contributed by atoms with Crippen LogP contribution in [0.2, 0.25) is 0 Å². The van der Waals surface area contributed by atoms with E-state index in [-0.39, 0.29) is 5.91 Å². The van der Waals surface area contributed by atoms with Crippen LogP contribution in [0.1, 0.15) is 20.8 Å². The smallest absolute Gasteiger partial charge is 0.253 e. The third kappa shape index (κ3) is 4.17. The van der Waals surface area contributed by atoms with Crippen molar-refractivity contribution in [1.29, 1.82) is 0 Å². The van der Waals surface area contributed by atoms with Crippen molar-refractivity contribution in [3.8, 4) is 0 Å². The van der Waals surface area contributed by atoms with Gasteiger partial charge in [-0.3, -0.25) is 4.79 Å². The molecule has 0 saturated carbocycles. The molecule has 1 amide bonds. The Hall–Kier alpha value is -1.77. The Kier molecular flexibility index (Phi) is 5.93. The molecule has 0 aromatic carbocycles. The molecule has 16 heavy (non-hydrogen) atoms. The Labute approximate surface area is 97.6 Å². The van der Waals surface area contributed by atoms with Crippen molar-refractivity contribution in [2.24, 2.45) is 0 Å². The van der Waals surface area contributed by atoms with Crippen LogP contribution in [-0.4, -0.2) is 12.5 Å². The molecule has 0 bridgehead atoms. The van der Waals surface area contributed by atoms with Crippen LogP contribution < -0.4 is 10.6 Å². The van der Waals surface area contributed by atoms with E-state index in [1.807, 2.05) is 20.8 Å². The van der Waals surface area contributed by atoms with Crippen LogP contribution in [0, 0.1) is 0 Å². The Bertz CT molecular complexity index is 351. The predicted octanol–water partition coefficient (Wildman–Crippen LogP) is 2.26. The van der Waals surface area contributed by atoms with Crippen molar-refractivity contribution in [1.82, 2.24) is 10.6 Å². The van der Waals surface area contributed by atoms with E-state index in [0.29, 0.717) is 17.8 Å². The topological polar surface area (TPSA) is 41.1 Å². The summed E-state index contributed by atoms with van der Waals surface area (Å²) in [5.41, 5.74) is 2.61. The van der Waals surface area contributed by atoms with Gasteiger partial charge in [-0.25, -0.2) is 0 Å². The van der Waals surface area contributed by atoms with Crippen molar-refractivity contribution in [3.05, 3.63) is 48.4 Å². The van der Waals surface area contributed by atoms with E-state index in [1.54, 1.807) is 6.08 Å². The zero-order valence-electron chi connectivity index (χ0n) is 10.3. The SMILES string of the molecule is C=C(C)/C=C1\C(=C)NC(=C)CNC1=O.CC. The second kappa shape index (κ2) is 6.67. The fourth-order valence-corrected chi connectivity index (χ4v) is 1.14. The van der Waals surface area contributed by atoms with Crippen molar-refractivity contribution < 1.29 is 4.79 Å². The molecule has 88 valence electrons. The van der Waals surface area contributed by atoms with Gasteiger partial charge in [-0.2, -0.15) is 0 Å². The van der Waals surface area contributed by atoms with Crippen LogP contribution in [0.3, 0.4) is 0 Å². The summed E-state index contributed by atoms with van der Waals surface area (Å²) in [6, 6.07) is 0. The molecule has 3 heteroatoms. The number of carbonyl (C=O) groups is 1. The number of carbonyl (C=O) groups excluding carboxylic acids is 1. The molecular weight excluding hydrogens is 200 g/mol. The molecule has 0 aromatic rings. The number of allylic oxidation sites excluding steroid dienone is 2. The van der Waals surface area contributed by atoms with Crippen molar-refractivity contribution in [2.75, 3.05) is 6.54 Å². The second-order valence-corrected chi connectivity index (χ2v) is 3.29. The van der Waals surface area contributed by atoms with Gasteiger partial charge in [-0.05, 0) is 13.0 Å². The third-order valence-electron chi connectivity index (χ3n) is 1.75. The van der Waals surface area contributed by atoms with E-state index in [4.69, 9.17) is 0 Å². The minimum Gasteiger partial charge on any atom is -0.358 e. The Morgan fingerprint density at radius 3 is 2.44 bits per heavy atom. The van der Waals surface area contributed by atoms with Crippen LogP contribution in [0.15, 0.2) is 48.4 Å². The molecule has 2 N–H and O–H groups in total. The number of rotatable bonds is 1. The predicted molar refractivity (Wildman–Crippen MR) is 68.7 cm³/mol. The van der Waals surface area contributed by atoms with E-state index < -0.39 is 0 Å². The number of hydrogen-bond acceptors (Lipinski definition) is 2. The van der Waals surface area contributed by atoms with Crippen molar-refractivity contribution in [3.63, 3.8) is 0 Å². The first-order valence-electron chi connectivity index (χ1n) is 5.30. The van der Waals surface area contributed by atoms with Crippen LogP contribution in [0.4, 0.5) is 0 Å². The van der Waals surface area contributed by atoms with Crippen LogP contribution in [-0.2, 0) is 4.79 Å². The first kappa shape index (κ1) is 14.2. The molecule has 0 spiro atoms. The van der Waals surface area contributed by atoms with Gasteiger partial charge in [-0.15, -0.1) is 0 Å². The molecular formula is C13H20N2O. The average Bonchev–Trinajstić information content (AvgIpc) is 2.34. The molecule has 0 atom stereocenters. The number of amides is 1. The highest BCUT2D eigenvalue weighted by molar-refractivity contribution is 5.98. The number of hydrogen-bond donors (Lipinski definition) is 2. The van der Waals surface area contributed by atoms with E-state index in [0.717, 1.165) is 11.3 Å². The molecule has 3 nitrogen and oxygen atoms in total. The summed E-state index contributed by atoms with van der Waals surface area (Å²) in [4.78, 5) is 11.5. The quantitative estimate of drug-likeness (QED) is 0.665. The molecule has 0 aromatic heterocycles. The van der Waals surface area contributed by atoms with E-state index in [1.165, 1.54) is 0 Å². The summed E-state index contributed by atoms with van der Waals surface area (Å²) in [7, 11) is 0. The van der Waals surface area contributed by atoms with Gasteiger partial charge in [0.05, 0.1) is 12.1 Å². The first-order valence-corrected chi connectivity index (χ1v) is 5.30. The largest absolute Gasteiger partial charge is 0.358 e. The lowest BCUT2D eigenvalue weighted by Crippen LogP contribution is -2.24. The molecule has 0 radical (unpaired) electrons. The lowest BCUT2D eigenvalue weighted by Gasteiger charge is -2.06. The van der Waals surface area contributed by atoms with Gasteiger partial charge in [0, 0.05) is 11.4 Å². The van der Waals surface area contributed by atoms with Gasteiger partial charge in [-0.1, -0.05) is 39.2 Å². The van der Waals surface area contributed by atoms with E-state index >= 15 is 0 Å². The maximum atomic E-state index is 11.5. The minimum absolute atomic E-state index is 0.149. The van der Waals surface area contributed by atoms with Crippen molar-refractivity contribution >= 4 is 5.91 Å². The zero-order valence-corrected chi connectivity index (χ0v) is 10.3. The fraction of sp³-hybridized carbons (Fsp3) is 0.308. The summed E-state index contributed by atoms with van der Waals surface area (Å²) in [6.07, 6.45) is 1.70. The lowest BCUT2D eigenvalue weighted by atomic mass is 10.1. The van der Waals surface area contributed by atoms with Gasteiger partial charge in [0.15, 0.2) is 0 Å². The monoisotopic (exact) mass is 220 g/mol. The molecule has 0 unspecified atom stereocenters. The molecule has 1 fully saturated rings. The van der Waals surface area contributed by atoms with Gasteiger partial charge in [0.1, 0.15) is 0 Å². The van der Waals surface area contributed by atoms with Gasteiger partial charge >= 0.3 is 0 Å². The highest BCUT2D eigenvalue weighted by atomic mass is 16.1. The summed E-state index contributed by atoms with van der Waals surface area (Å²) < 4.78 is 0. The minimum atomic E-state index is -0.149. The number of nitrogens with one attached hydrogen (secondary N) is 2. The van der Waals surface area contributed by atoms with Gasteiger partial charge < -0.3 is 10.6 Å². The standard InChI is InChI=1S/C11H14N2O.C2H6/c1-7(2)5-10-9(4)13-8(3)6-12-11(10)14;1-2/h5,13H,1,3-4,6H2,2H3,(H,12,14);1-2H3/b10-5+;. The maximum Gasteiger partial charge on any atom is 0.253 e. The van der Waals surface area contributed by atoms with E-state index in [9.17, 15) is 4.79 Å². The second-order valence-electron chi connectivity index (χ2n) is 3.29. The Morgan fingerprint density at radius 1 is 1.38 bits per heavy atom. The van der Waals surface area contributed by atoms with Crippen molar-refractivity contribution in [2.45, 2.75) is 20.8 Å². The summed E-state index contributed by atoms with van der Waals surface area (Å²) in [6.45, 7) is 17.5. The third-order valence-corrected chi connectivity index (χ3v) is 1.75.